The molecule has 2 aromatic rings. The largest absolute Gasteiger partial charge is 0.445 e. The van der Waals surface area contributed by atoms with Gasteiger partial charge in [0, 0.05) is 31.2 Å². The highest BCUT2D eigenvalue weighted by Gasteiger charge is 2.36. The predicted molar refractivity (Wildman–Crippen MR) is 101 cm³/mol. The number of benzene rings is 1. The van der Waals surface area contributed by atoms with Gasteiger partial charge >= 0.3 is 6.18 Å². The molecule has 3 rings (SSSR count). The van der Waals surface area contributed by atoms with E-state index in [2.05, 4.69) is 15.5 Å². The Morgan fingerprint density at radius 3 is 2.42 bits per heavy atom. The first kappa shape index (κ1) is 19.4. The molecule has 0 spiro atoms. The minimum absolute atomic E-state index is 0.261. The second kappa shape index (κ2) is 7.71. The monoisotopic (exact) mass is 441 g/mol. The molecule has 5 nitrogen and oxygen atoms in total. The fraction of sp³-hybridized carbons (Fsp3) is 0.357. The summed E-state index contributed by atoms with van der Waals surface area (Å²) in [6.07, 6.45) is -4.47. The molecule has 1 aliphatic heterocycles. The number of hydrogen-bond donors (Lipinski definition) is 1. The molecule has 1 N–H and O–H groups in total. The third-order valence-electron chi connectivity index (χ3n) is 3.67. The molecule has 0 atom stereocenters. The highest BCUT2D eigenvalue weighted by atomic mass is 35.5. The second-order valence-corrected chi connectivity index (χ2v) is 7.60. The van der Waals surface area contributed by atoms with Crippen molar-refractivity contribution < 1.29 is 13.2 Å². The van der Waals surface area contributed by atoms with Gasteiger partial charge in [0.15, 0.2) is 5.11 Å². The minimum Gasteiger partial charge on any atom is -0.345 e. The van der Waals surface area contributed by atoms with Gasteiger partial charge in [-0.1, -0.05) is 34.5 Å². The van der Waals surface area contributed by atoms with Gasteiger partial charge in [0.25, 0.3) is 0 Å². The Morgan fingerprint density at radius 1 is 1.15 bits per heavy atom. The number of thiocarbonyl (C=S) groups is 1. The third-order valence-corrected chi connectivity index (χ3v) is 5.60. The van der Waals surface area contributed by atoms with Gasteiger partial charge < -0.3 is 15.1 Å². The molecule has 26 heavy (non-hydrogen) atoms. The predicted octanol–water partition coefficient (Wildman–Crippen LogP) is 4.38. The van der Waals surface area contributed by atoms with Crippen molar-refractivity contribution in [2.45, 2.75) is 6.18 Å². The van der Waals surface area contributed by atoms with Crippen LogP contribution >= 0.6 is 46.8 Å². The van der Waals surface area contributed by atoms with Crippen molar-refractivity contribution in [1.82, 2.24) is 15.1 Å². The quantitative estimate of drug-likeness (QED) is 0.697. The highest BCUT2D eigenvalue weighted by molar-refractivity contribution is 7.80. The molecule has 1 fully saturated rings. The van der Waals surface area contributed by atoms with Gasteiger partial charge in [-0.15, -0.1) is 10.2 Å². The Kier molecular flexibility index (Phi) is 5.75. The van der Waals surface area contributed by atoms with Gasteiger partial charge in [-0.3, -0.25) is 0 Å². The van der Waals surface area contributed by atoms with Crippen LogP contribution in [0.25, 0.3) is 0 Å². The average Bonchev–Trinajstić information content (AvgIpc) is 3.08. The summed E-state index contributed by atoms with van der Waals surface area (Å²) in [5, 5.41) is 10.7. The van der Waals surface area contributed by atoms with E-state index in [9.17, 15) is 13.2 Å². The Hall–Kier alpha value is -1.36. The lowest BCUT2D eigenvalue weighted by atomic mass is 10.3. The summed E-state index contributed by atoms with van der Waals surface area (Å²) in [4.78, 5) is 3.68. The summed E-state index contributed by atoms with van der Waals surface area (Å²) >= 11 is 17.9. The molecule has 0 unspecified atom stereocenters. The smallest absolute Gasteiger partial charge is 0.345 e. The maximum absolute atomic E-state index is 12.6. The van der Waals surface area contributed by atoms with E-state index in [1.165, 1.54) is 0 Å². The zero-order chi connectivity index (χ0) is 18.9. The Morgan fingerprint density at radius 2 is 1.85 bits per heavy atom. The first-order chi connectivity index (χ1) is 12.2. The van der Waals surface area contributed by atoms with E-state index in [1.54, 1.807) is 23.1 Å². The topological polar surface area (TPSA) is 44.3 Å². The van der Waals surface area contributed by atoms with Crippen LogP contribution in [0.15, 0.2) is 18.2 Å². The van der Waals surface area contributed by atoms with Gasteiger partial charge in [-0.2, -0.15) is 13.2 Å². The van der Waals surface area contributed by atoms with E-state index in [4.69, 9.17) is 35.4 Å². The van der Waals surface area contributed by atoms with Crippen LogP contribution in [-0.4, -0.2) is 46.4 Å². The number of nitrogens with one attached hydrogen (secondary N) is 1. The van der Waals surface area contributed by atoms with E-state index in [0.29, 0.717) is 58.4 Å². The fourth-order valence-corrected chi connectivity index (χ4v) is 3.86. The number of nitrogens with zero attached hydrogens (tertiary/aromatic N) is 4. The molecule has 1 aromatic carbocycles. The molecular weight excluding hydrogens is 430 g/mol. The average molecular weight is 442 g/mol. The van der Waals surface area contributed by atoms with Crippen LogP contribution in [0.4, 0.5) is 24.0 Å². The number of halogens is 5. The van der Waals surface area contributed by atoms with E-state index in [1.807, 2.05) is 4.90 Å². The summed E-state index contributed by atoms with van der Waals surface area (Å²) in [6.45, 7) is 2.06. The molecule has 140 valence electrons. The summed E-state index contributed by atoms with van der Waals surface area (Å²) in [7, 11) is 0. The van der Waals surface area contributed by atoms with E-state index in [0.717, 1.165) is 0 Å². The number of aromatic nitrogens is 2. The summed E-state index contributed by atoms with van der Waals surface area (Å²) in [6, 6.07) is 5.04. The van der Waals surface area contributed by atoms with Crippen LogP contribution in [-0.2, 0) is 6.18 Å². The molecule has 1 aliphatic rings. The van der Waals surface area contributed by atoms with Crippen molar-refractivity contribution in [1.29, 1.82) is 0 Å². The first-order valence-corrected chi connectivity index (χ1v) is 9.39. The maximum atomic E-state index is 12.6. The van der Waals surface area contributed by atoms with Crippen LogP contribution in [0.1, 0.15) is 5.01 Å². The standard InChI is InChI=1S/C14H12Cl2F3N5S2/c15-8-1-2-10(9(16)7-8)20-12(25)23-3-5-24(6-4-23)13-22-21-11(26-13)14(17,18)19/h1-2,7H,3-6H2,(H,20,25). The Bertz CT molecular complexity index is 806. The fourth-order valence-electron chi connectivity index (χ4n) is 2.34. The molecular formula is C14H12Cl2F3N5S2. The molecule has 0 saturated carbocycles. The lowest BCUT2D eigenvalue weighted by molar-refractivity contribution is -0.138. The molecule has 1 aromatic heterocycles. The highest BCUT2D eigenvalue weighted by Crippen LogP contribution is 2.34. The van der Waals surface area contributed by atoms with Gasteiger partial charge in [-0.05, 0) is 30.4 Å². The van der Waals surface area contributed by atoms with Crippen LogP contribution in [0.2, 0.25) is 10.0 Å². The minimum atomic E-state index is -4.47. The molecule has 2 heterocycles. The molecule has 12 heteroatoms. The van der Waals surface area contributed by atoms with Crippen LogP contribution in [0.3, 0.4) is 0 Å². The summed E-state index contributed by atoms with van der Waals surface area (Å²) < 4.78 is 37.9. The Labute approximate surface area is 166 Å². The van der Waals surface area contributed by atoms with Crippen LogP contribution in [0.5, 0.6) is 0 Å². The lowest BCUT2D eigenvalue weighted by Gasteiger charge is -2.35. The second-order valence-electron chi connectivity index (χ2n) is 5.42. The molecule has 0 radical (unpaired) electrons. The van der Waals surface area contributed by atoms with Crippen molar-refractivity contribution in [2.24, 2.45) is 0 Å². The van der Waals surface area contributed by atoms with Gasteiger partial charge in [0.05, 0.1) is 10.7 Å². The maximum Gasteiger partial charge on any atom is 0.445 e. The van der Waals surface area contributed by atoms with Gasteiger partial charge in [0.1, 0.15) is 0 Å². The summed E-state index contributed by atoms with van der Waals surface area (Å²) in [5.41, 5.74) is 0.641. The van der Waals surface area contributed by atoms with Crippen molar-refractivity contribution in [3.63, 3.8) is 0 Å². The number of hydrogen-bond acceptors (Lipinski definition) is 5. The third kappa shape index (κ3) is 4.48. The zero-order valence-corrected chi connectivity index (χ0v) is 16.2. The zero-order valence-electron chi connectivity index (χ0n) is 13.1. The number of piperazine rings is 1. The van der Waals surface area contributed by atoms with Gasteiger partial charge in [-0.25, -0.2) is 0 Å². The molecule has 0 bridgehead atoms. The summed E-state index contributed by atoms with van der Waals surface area (Å²) in [5.74, 6) is 0. The molecule has 0 amide bonds. The van der Waals surface area contributed by atoms with Crippen LogP contribution < -0.4 is 10.2 Å². The Balaban J connectivity index is 1.58. The van der Waals surface area contributed by atoms with E-state index >= 15 is 0 Å². The van der Waals surface area contributed by atoms with Gasteiger partial charge in [0.2, 0.25) is 10.1 Å². The van der Waals surface area contributed by atoms with Crippen molar-refractivity contribution >= 4 is 62.7 Å². The number of rotatable bonds is 2. The number of alkyl halides is 3. The van der Waals surface area contributed by atoms with Crippen LogP contribution in [0, 0.1) is 0 Å². The van der Waals surface area contributed by atoms with E-state index < -0.39 is 11.2 Å². The molecule has 0 aliphatic carbocycles. The lowest BCUT2D eigenvalue weighted by Crippen LogP contribution is -2.50. The van der Waals surface area contributed by atoms with Crippen molar-refractivity contribution in [2.75, 3.05) is 36.4 Å². The van der Waals surface area contributed by atoms with Crippen molar-refractivity contribution in [3.8, 4) is 0 Å². The van der Waals surface area contributed by atoms with Crippen molar-refractivity contribution in [3.05, 3.63) is 33.3 Å². The van der Waals surface area contributed by atoms with E-state index in [-0.39, 0.29) is 5.13 Å². The SMILES string of the molecule is FC(F)(F)c1nnc(N2CCN(C(=S)Nc3ccc(Cl)cc3Cl)CC2)s1. The number of anilines is 2. The normalized spacial score (nSPS) is 15.3. The molecule has 1 saturated heterocycles. The first-order valence-electron chi connectivity index (χ1n) is 7.40.